The molecule has 2 aromatic carbocycles. The van der Waals surface area contributed by atoms with E-state index in [-0.39, 0.29) is 11.5 Å². The average Bonchev–Trinajstić information content (AvgIpc) is 3.14. The number of amides is 2. The molecule has 3 N–H and O–H groups in total. The van der Waals surface area contributed by atoms with Crippen molar-refractivity contribution in [3.8, 4) is 5.75 Å². The molecular formula is C20H18N2O4. The summed E-state index contributed by atoms with van der Waals surface area (Å²) in [4.78, 5) is 24.6. The topological polar surface area (TPSA) is 91.6 Å². The molecule has 0 saturated heterocycles. The number of carbonyl (C=O) groups is 2. The van der Waals surface area contributed by atoms with Gasteiger partial charge in [-0.1, -0.05) is 12.1 Å². The molecule has 3 aromatic rings. The highest BCUT2D eigenvalue weighted by Crippen LogP contribution is 2.25. The summed E-state index contributed by atoms with van der Waals surface area (Å²) < 4.78 is 5.07. The number of phenols is 1. The highest BCUT2D eigenvalue weighted by Gasteiger charge is 2.14. The molecule has 6 heteroatoms. The van der Waals surface area contributed by atoms with Gasteiger partial charge in [-0.25, -0.2) is 0 Å². The molecule has 0 fully saturated rings. The maximum Gasteiger partial charge on any atom is 0.291 e. The average molecular weight is 350 g/mol. The number of anilines is 2. The number of hydrogen-bond donors (Lipinski definition) is 3. The van der Waals surface area contributed by atoms with Crippen molar-refractivity contribution in [2.45, 2.75) is 13.8 Å². The number of rotatable bonds is 4. The molecule has 2 amide bonds. The van der Waals surface area contributed by atoms with Crippen molar-refractivity contribution >= 4 is 23.2 Å². The number of hydrogen-bond acceptors (Lipinski definition) is 4. The van der Waals surface area contributed by atoms with Crippen LogP contribution in [0.2, 0.25) is 0 Å². The van der Waals surface area contributed by atoms with E-state index >= 15 is 0 Å². The summed E-state index contributed by atoms with van der Waals surface area (Å²) in [7, 11) is 0. The van der Waals surface area contributed by atoms with Crippen molar-refractivity contribution in [1.82, 2.24) is 0 Å². The van der Waals surface area contributed by atoms with Gasteiger partial charge in [0, 0.05) is 11.3 Å². The second kappa shape index (κ2) is 7.14. The summed E-state index contributed by atoms with van der Waals surface area (Å²) in [6.07, 6.45) is 1.42. The van der Waals surface area contributed by atoms with Gasteiger partial charge < -0.3 is 20.2 Å². The van der Waals surface area contributed by atoms with Crippen LogP contribution in [0, 0.1) is 13.8 Å². The van der Waals surface area contributed by atoms with Crippen LogP contribution in [0.15, 0.2) is 59.2 Å². The quantitative estimate of drug-likeness (QED) is 0.618. The Morgan fingerprint density at radius 1 is 0.923 bits per heavy atom. The number of benzene rings is 2. The standard InChI is InChI=1S/C20H18N2O4/c1-12-5-8-15(17(23)10-12)21-19(24)14-7-6-13(2)16(11-14)22-20(25)18-4-3-9-26-18/h3-11,23H,1-2H3,(H,21,24)(H,22,25). The summed E-state index contributed by atoms with van der Waals surface area (Å²) in [5.74, 6) is -0.606. The first-order chi connectivity index (χ1) is 12.4. The van der Waals surface area contributed by atoms with Gasteiger partial charge in [0.05, 0.1) is 12.0 Å². The zero-order valence-corrected chi connectivity index (χ0v) is 14.4. The van der Waals surface area contributed by atoms with Crippen LogP contribution in [0.4, 0.5) is 11.4 Å². The summed E-state index contributed by atoms with van der Waals surface area (Å²) in [6, 6.07) is 13.1. The Bertz CT molecular complexity index is 962. The predicted molar refractivity (Wildman–Crippen MR) is 98.6 cm³/mol. The Morgan fingerprint density at radius 3 is 2.38 bits per heavy atom. The lowest BCUT2D eigenvalue weighted by Gasteiger charge is -2.11. The highest BCUT2D eigenvalue weighted by molar-refractivity contribution is 6.07. The molecule has 0 unspecified atom stereocenters. The van der Waals surface area contributed by atoms with Crippen LogP contribution >= 0.6 is 0 Å². The molecular weight excluding hydrogens is 332 g/mol. The first-order valence-electron chi connectivity index (χ1n) is 8.00. The van der Waals surface area contributed by atoms with E-state index in [1.807, 2.05) is 13.8 Å². The third-order valence-electron chi connectivity index (χ3n) is 3.89. The highest BCUT2D eigenvalue weighted by atomic mass is 16.3. The molecule has 0 bridgehead atoms. The van der Waals surface area contributed by atoms with Gasteiger partial charge in [-0.3, -0.25) is 9.59 Å². The van der Waals surface area contributed by atoms with Gasteiger partial charge in [-0.15, -0.1) is 0 Å². The van der Waals surface area contributed by atoms with Gasteiger partial charge in [0.1, 0.15) is 5.75 Å². The lowest BCUT2D eigenvalue weighted by molar-refractivity contribution is 0.0993. The fourth-order valence-electron chi connectivity index (χ4n) is 2.43. The Kier molecular flexibility index (Phi) is 4.75. The minimum absolute atomic E-state index is 0.00296. The van der Waals surface area contributed by atoms with E-state index in [0.717, 1.165) is 11.1 Å². The Hall–Kier alpha value is -3.54. The van der Waals surface area contributed by atoms with E-state index < -0.39 is 11.8 Å². The third kappa shape index (κ3) is 3.75. The lowest BCUT2D eigenvalue weighted by Crippen LogP contribution is -2.15. The molecule has 0 aliphatic heterocycles. The van der Waals surface area contributed by atoms with Gasteiger partial charge in [0.15, 0.2) is 5.76 Å². The summed E-state index contributed by atoms with van der Waals surface area (Å²) in [6.45, 7) is 3.67. The van der Waals surface area contributed by atoms with E-state index in [2.05, 4.69) is 10.6 Å². The largest absolute Gasteiger partial charge is 0.506 e. The minimum Gasteiger partial charge on any atom is -0.506 e. The third-order valence-corrected chi connectivity index (χ3v) is 3.89. The van der Waals surface area contributed by atoms with Crippen molar-refractivity contribution in [2.75, 3.05) is 10.6 Å². The van der Waals surface area contributed by atoms with Gasteiger partial charge in [-0.2, -0.15) is 0 Å². The van der Waals surface area contributed by atoms with E-state index in [9.17, 15) is 14.7 Å². The summed E-state index contributed by atoms with van der Waals surface area (Å²) in [5, 5.41) is 15.3. The van der Waals surface area contributed by atoms with Crippen LogP contribution in [0.3, 0.4) is 0 Å². The monoisotopic (exact) mass is 350 g/mol. The minimum atomic E-state index is -0.396. The van der Waals surface area contributed by atoms with E-state index in [0.29, 0.717) is 16.9 Å². The van der Waals surface area contributed by atoms with Crippen molar-refractivity contribution < 1.29 is 19.1 Å². The van der Waals surface area contributed by atoms with Crippen LogP contribution in [-0.4, -0.2) is 16.9 Å². The number of aromatic hydroxyl groups is 1. The Balaban J connectivity index is 1.80. The van der Waals surface area contributed by atoms with Crippen molar-refractivity contribution in [3.63, 3.8) is 0 Å². The first-order valence-corrected chi connectivity index (χ1v) is 8.00. The molecule has 0 aliphatic carbocycles. The van der Waals surface area contributed by atoms with Crippen LogP contribution in [0.25, 0.3) is 0 Å². The normalized spacial score (nSPS) is 10.4. The van der Waals surface area contributed by atoms with Crippen molar-refractivity contribution in [1.29, 1.82) is 0 Å². The molecule has 0 saturated carbocycles. The molecule has 1 aromatic heterocycles. The van der Waals surface area contributed by atoms with E-state index in [4.69, 9.17) is 4.42 Å². The van der Waals surface area contributed by atoms with Gasteiger partial charge >= 0.3 is 0 Å². The maximum atomic E-state index is 12.5. The number of aryl methyl sites for hydroxylation is 2. The maximum absolute atomic E-state index is 12.5. The zero-order valence-electron chi connectivity index (χ0n) is 14.4. The van der Waals surface area contributed by atoms with Crippen LogP contribution in [0.5, 0.6) is 5.75 Å². The second-order valence-electron chi connectivity index (χ2n) is 5.94. The fraction of sp³-hybridized carbons (Fsp3) is 0.100. The summed E-state index contributed by atoms with van der Waals surface area (Å²) in [5.41, 5.74) is 2.87. The number of phenolic OH excluding ortho intramolecular Hbond substituents is 1. The lowest BCUT2D eigenvalue weighted by atomic mass is 10.1. The SMILES string of the molecule is Cc1ccc(NC(=O)c2ccc(C)c(NC(=O)c3ccco3)c2)c(O)c1. The van der Waals surface area contributed by atoms with E-state index in [1.165, 1.54) is 6.26 Å². The number of furan rings is 1. The molecule has 0 spiro atoms. The Labute approximate surface area is 150 Å². The molecule has 0 radical (unpaired) electrons. The second-order valence-corrected chi connectivity index (χ2v) is 5.94. The molecule has 132 valence electrons. The molecule has 0 aliphatic rings. The molecule has 6 nitrogen and oxygen atoms in total. The molecule has 26 heavy (non-hydrogen) atoms. The van der Waals surface area contributed by atoms with Gasteiger partial charge in [0.25, 0.3) is 11.8 Å². The summed E-state index contributed by atoms with van der Waals surface area (Å²) >= 11 is 0. The van der Waals surface area contributed by atoms with Gasteiger partial charge in [-0.05, 0) is 61.4 Å². The number of carbonyl (C=O) groups excluding carboxylic acids is 2. The molecule has 3 rings (SSSR count). The zero-order chi connectivity index (χ0) is 18.7. The predicted octanol–water partition coefficient (Wildman–Crippen LogP) is 4.11. The Morgan fingerprint density at radius 2 is 1.69 bits per heavy atom. The van der Waals surface area contributed by atoms with Crippen molar-refractivity contribution in [3.05, 3.63) is 77.2 Å². The molecule has 1 heterocycles. The van der Waals surface area contributed by atoms with Crippen LogP contribution in [-0.2, 0) is 0 Å². The van der Waals surface area contributed by atoms with Crippen molar-refractivity contribution in [2.24, 2.45) is 0 Å². The van der Waals surface area contributed by atoms with Gasteiger partial charge in [0.2, 0.25) is 0 Å². The number of nitrogens with one attached hydrogen (secondary N) is 2. The fourth-order valence-corrected chi connectivity index (χ4v) is 2.43. The van der Waals surface area contributed by atoms with Crippen LogP contribution < -0.4 is 10.6 Å². The van der Waals surface area contributed by atoms with E-state index in [1.54, 1.807) is 48.5 Å². The smallest absolute Gasteiger partial charge is 0.291 e. The first kappa shape index (κ1) is 17.3. The molecule has 0 atom stereocenters. The van der Waals surface area contributed by atoms with Crippen LogP contribution in [0.1, 0.15) is 32.0 Å².